The maximum absolute atomic E-state index is 13.8. The molecule has 2 atom stereocenters. The van der Waals surface area contributed by atoms with Crippen LogP contribution in [0, 0.1) is 0 Å². The standard InChI is InChI=1S/C28H28BrClN2O4S/c29-20-4-1-3-19(15-20)28(34)31(16-23-5-2-13-35-23)17-27(33)32-12-10-26-24(11-14-37-26)25(32)18-36-22-8-6-21(30)7-9-22/h1,3-4,6-9,11,14-15,23,25H,2,5,10,12-13,16-18H2/t23-,25-/m1/s1. The van der Waals surface area contributed by atoms with E-state index in [-0.39, 0.29) is 30.5 Å². The van der Waals surface area contributed by atoms with Gasteiger partial charge in [0.05, 0.1) is 12.1 Å². The van der Waals surface area contributed by atoms with Crippen LogP contribution in [0.1, 0.15) is 39.7 Å². The molecule has 0 radical (unpaired) electrons. The summed E-state index contributed by atoms with van der Waals surface area (Å²) in [5.74, 6) is 0.430. The normalized spacial score (nSPS) is 18.9. The minimum absolute atomic E-state index is 0.0118. The fraction of sp³-hybridized carbons (Fsp3) is 0.357. The van der Waals surface area contributed by atoms with Crippen LogP contribution in [-0.2, 0) is 16.0 Å². The second kappa shape index (κ2) is 12.0. The zero-order valence-corrected chi connectivity index (χ0v) is 23.4. The predicted molar refractivity (Wildman–Crippen MR) is 148 cm³/mol. The van der Waals surface area contributed by atoms with Gasteiger partial charge in [-0.25, -0.2) is 0 Å². The van der Waals surface area contributed by atoms with E-state index in [9.17, 15) is 9.59 Å². The van der Waals surface area contributed by atoms with Gasteiger partial charge in [-0.05, 0) is 78.7 Å². The smallest absolute Gasteiger partial charge is 0.254 e. The first kappa shape index (κ1) is 26.2. The Hall–Kier alpha value is -2.39. The number of amides is 2. The van der Waals surface area contributed by atoms with Gasteiger partial charge >= 0.3 is 0 Å². The Kier molecular flexibility index (Phi) is 8.49. The molecule has 0 aliphatic carbocycles. The highest BCUT2D eigenvalue weighted by molar-refractivity contribution is 9.10. The Balaban J connectivity index is 1.35. The average Bonchev–Trinajstić information content (AvgIpc) is 3.59. The summed E-state index contributed by atoms with van der Waals surface area (Å²) < 4.78 is 12.7. The van der Waals surface area contributed by atoms with E-state index in [1.54, 1.807) is 40.5 Å². The lowest BCUT2D eigenvalue weighted by Crippen LogP contribution is -2.49. The van der Waals surface area contributed by atoms with E-state index < -0.39 is 0 Å². The van der Waals surface area contributed by atoms with Crippen molar-refractivity contribution >= 4 is 50.7 Å². The van der Waals surface area contributed by atoms with Crippen molar-refractivity contribution < 1.29 is 19.1 Å². The molecule has 9 heteroatoms. The number of rotatable bonds is 8. The molecular weight excluding hydrogens is 576 g/mol. The number of carbonyl (C=O) groups is 2. The lowest BCUT2D eigenvalue weighted by Gasteiger charge is -2.37. The first-order valence-corrected chi connectivity index (χ1v) is 14.4. The molecule has 3 heterocycles. The Morgan fingerprint density at radius 3 is 2.78 bits per heavy atom. The van der Waals surface area contributed by atoms with Gasteiger partial charge in [-0.3, -0.25) is 9.59 Å². The number of nitrogens with zero attached hydrogens (tertiary/aromatic N) is 2. The van der Waals surface area contributed by atoms with E-state index in [2.05, 4.69) is 27.4 Å². The van der Waals surface area contributed by atoms with Crippen molar-refractivity contribution in [2.45, 2.75) is 31.4 Å². The molecule has 6 nitrogen and oxygen atoms in total. The summed E-state index contributed by atoms with van der Waals surface area (Å²) in [6, 6.07) is 16.3. The van der Waals surface area contributed by atoms with Crippen LogP contribution in [0.4, 0.5) is 0 Å². The summed E-state index contributed by atoms with van der Waals surface area (Å²) in [6.07, 6.45) is 2.59. The van der Waals surface area contributed by atoms with Gasteiger partial charge in [0.1, 0.15) is 18.9 Å². The number of carbonyl (C=O) groups excluding carboxylic acids is 2. The van der Waals surface area contributed by atoms with E-state index in [1.165, 1.54) is 4.88 Å². The highest BCUT2D eigenvalue weighted by Crippen LogP contribution is 2.34. The zero-order valence-electron chi connectivity index (χ0n) is 20.3. The van der Waals surface area contributed by atoms with Crippen LogP contribution in [0.3, 0.4) is 0 Å². The second-order valence-electron chi connectivity index (χ2n) is 9.25. The minimum atomic E-state index is -0.233. The highest BCUT2D eigenvalue weighted by atomic mass is 79.9. The summed E-state index contributed by atoms with van der Waals surface area (Å²) in [5, 5.41) is 2.71. The van der Waals surface area contributed by atoms with Crippen molar-refractivity contribution in [1.29, 1.82) is 0 Å². The van der Waals surface area contributed by atoms with Crippen LogP contribution in [0.2, 0.25) is 5.02 Å². The monoisotopic (exact) mass is 602 g/mol. The third kappa shape index (κ3) is 6.37. The minimum Gasteiger partial charge on any atom is -0.491 e. The highest BCUT2D eigenvalue weighted by Gasteiger charge is 2.34. The number of halogens is 2. The number of fused-ring (bicyclic) bond motifs is 1. The fourth-order valence-corrected chi connectivity index (χ4v) is 6.35. The summed E-state index contributed by atoms with van der Waals surface area (Å²) in [4.78, 5) is 32.1. The quantitative estimate of drug-likeness (QED) is 0.317. The van der Waals surface area contributed by atoms with Crippen LogP contribution in [0.25, 0.3) is 0 Å². The van der Waals surface area contributed by atoms with Gasteiger partial charge in [-0.15, -0.1) is 11.3 Å². The molecule has 37 heavy (non-hydrogen) atoms. The van der Waals surface area contributed by atoms with Crippen LogP contribution >= 0.6 is 38.9 Å². The van der Waals surface area contributed by atoms with Gasteiger partial charge in [0.25, 0.3) is 5.91 Å². The van der Waals surface area contributed by atoms with Crippen LogP contribution in [0.5, 0.6) is 5.75 Å². The lowest BCUT2D eigenvalue weighted by atomic mass is 10.00. The van der Waals surface area contributed by atoms with Crippen LogP contribution in [0.15, 0.2) is 64.5 Å². The van der Waals surface area contributed by atoms with Crippen LogP contribution in [-0.4, -0.2) is 60.6 Å². The summed E-state index contributed by atoms with van der Waals surface area (Å²) >= 11 is 11.2. The summed E-state index contributed by atoms with van der Waals surface area (Å²) in [6.45, 7) is 1.97. The van der Waals surface area contributed by atoms with Crippen molar-refractivity contribution in [1.82, 2.24) is 9.80 Å². The van der Waals surface area contributed by atoms with E-state index in [4.69, 9.17) is 21.1 Å². The first-order valence-electron chi connectivity index (χ1n) is 12.4. The Morgan fingerprint density at radius 1 is 1.19 bits per heavy atom. The Morgan fingerprint density at radius 2 is 2.03 bits per heavy atom. The molecule has 0 unspecified atom stereocenters. The largest absolute Gasteiger partial charge is 0.491 e. The molecule has 3 aromatic rings. The number of ether oxygens (including phenoxy) is 2. The third-order valence-electron chi connectivity index (χ3n) is 6.77. The van der Waals surface area contributed by atoms with Crippen molar-refractivity contribution in [3.63, 3.8) is 0 Å². The predicted octanol–water partition coefficient (Wildman–Crippen LogP) is 5.99. The third-order valence-corrected chi connectivity index (χ3v) is 8.51. The number of benzene rings is 2. The molecule has 1 fully saturated rings. The van der Waals surface area contributed by atoms with Gasteiger partial charge in [0, 0.05) is 39.6 Å². The molecule has 194 valence electrons. The summed E-state index contributed by atoms with van der Waals surface area (Å²) in [5.41, 5.74) is 1.66. The lowest BCUT2D eigenvalue weighted by molar-refractivity contribution is -0.135. The molecule has 1 saturated heterocycles. The molecular formula is C28H28BrClN2O4S. The zero-order chi connectivity index (χ0) is 25.8. The summed E-state index contributed by atoms with van der Waals surface area (Å²) in [7, 11) is 0. The second-order valence-corrected chi connectivity index (χ2v) is 11.6. The Labute approximate surface area is 234 Å². The van der Waals surface area contributed by atoms with E-state index in [1.807, 2.05) is 29.2 Å². The van der Waals surface area contributed by atoms with E-state index in [0.717, 1.165) is 29.3 Å². The van der Waals surface area contributed by atoms with Crippen molar-refractivity contribution in [3.8, 4) is 5.75 Å². The van der Waals surface area contributed by atoms with Gasteiger partial charge in [0.15, 0.2) is 0 Å². The maximum Gasteiger partial charge on any atom is 0.254 e. The SMILES string of the molecule is O=C(c1cccc(Br)c1)N(CC(=O)N1CCc2sccc2[C@H]1COc1ccc(Cl)cc1)C[C@H]1CCCO1. The molecule has 0 spiro atoms. The van der Waals surface area contributed by atoms with Gasteiger partial charge < -0.3 is 19.3 Å². The molecule has 0 saturated carbocycles. The molecule has 0 bridgehead atoms. The molecule has 1 aromatic heterocycles. The molecule has 2 amide bonds. The topological polar surface area (TPSA) is 59.1 Å². The fourth-order valence-electron chi connectivity index (χ4n) is 4.89. The van der Waals surface area contributed by atoms with Gasteiger partial charge in [-0.1, -0.05) is 33.6 Å². The average molecular weight is 604 g/mol. The van der Waals surface area contributed by atoms with Gasteiger partial charge in [-0.2, -0.15) is 0 Å². The number of hydrogen-bond donors (Lipinski definition) is 0. The molecule has 0 N–H and O–H groups in total. The molecule has 2 aliphatic rings. The van der Waals surface area contributed by atoms with E-state index >= 15 is 0 Å². The number of thiophene rings is 1. The Bertz CT molecular complexity index is 1240. The van der Waals surface area contributed by atoms with E-state index in [0.29, 0.717) is 42.6 Å². The first-order chi connectivity index (χ1) is 18.0. The molecule has 5 rings (SSSR count). The van der Waals surface area contributed by atoms with Gasteiger partial charge in [0.2, 0.25) is 5.91 Å². The molecule has 2 aromatic carbocycles. The maximum atomic E-state index is 13.8. The van der Waals surface area contributed by atoms with Crippen molar-refractivity contribution in [2.24, 2.45) is 0 Å². The van der Waals surface area contributed by atoms with Crippen LogP contribution < -0.4 is 4.74 Å². The molecule has 2 aliphatic heterocycles. The van der Waals surface area contributed by atoms with Crippen molar-refractivity contribution in [3.05, 3.63) is 85.5 Å². The number of hydrogen-bond acceptors (Lipinski definition) is 5. The van der Waals surface area contributed by atoms with Crippen molar-refractivity contribution in [2.75, 3.05) is 32.8 Å².